The van der Waals surface area contributed by atoms with E-state index in [4.69, 9.17) is 0 Å². The fraction of sp³-hybridized carbons (Fsp3) is 0.867. The second-order valence-electron chi connectivity index (χ2n) is 6.03. The maximum absolute atomic E-state index is 12.9. The molecule has 4 nitrogen and oxygen atoms in total. The zero-order valence-corrected chi connectivity index (χ0v) is 13.6. The van der Waals surface area contributed by atoms with E-state index in [0.29, 0.717) is 13.0 Å². The Hall–Kier alpha value is -0.710. The van der Waals surface area contributed by atoms with Crippen molar-refractivity contribution in [3.8, 4) is 0 Å². The van der Waals surface area contributed by atoms with Crippen molar-refractivity contribution in [2.75, 3.05) is 18.1 Å². The van der Waals surface area contributed by atoms with E-state index in [9.17, 15) is 9.59 Å². The second-order valence-corrected chi connectivity index (χ2v) is 7.43. The molecule has 114 valence electrons. The summed E-state index contributed by atoms with van der Waals surface area (Å²) in [7, 11) is 0. The number of hydrogen-bond acceptors (Lipinski definition) is 3. The lowest BCUT2D eigenvalue weighted by atomic mass is 9.83. The maximum atomic E-state index is 12.9. The van der Waals surface area contributed by atoms with Crippen LogP contribution in [0.2, 0.25) is 0 Å². The molecule has 1 aliphatic carbocycles. The fourth-order valence-electron chi connectivity index (χ4n) is 3.35. The highest BCUT2D eigenvalue weighted by Gasteiger charge is 2.56. The van der Waals surface area contributed by atoms with Crippen LogP contribution in [0.5, 0.6) is 0 Å². The molecule has 1 spiro atoms. The summed E-state index contributed by atoms with van der Waals surface area (Å²) in [6, 6.07) is 0. The Balaban J connectivity index is 2.26. The first-order valence-corrected chi connectivity index (χ1v) is 8.88. The van der Waals surface area contributed by atoms with E-state index in [1.165, 1.54) is 0 Å². The number of carbonyl (C=O) groups is 2. The van der Waals surface area contributed by atoms with Crippen molar-refractivity contribution in [1.82, 2.24) is 10.2 Å². The Morgan fingerprint density at radius 2 is 1.90 bits per heavy atom. The molecule has 1 N–H and O–H groups in total. The molecule has 1 aliphatic heterocycles. The molecule has 1 saturated carbocycles. The molecule has 0 bridgehead atoms. The Morgan fingerprint density at radius 3 is 2.45 bits per heavy atom. The zero-order chi connectivity index (χ0) is 14.8. The Kier molecular flexibility index (Phi) is 4.67. The van der Waals surface area contributed by atoms with Gasteiger partial charge >= 0.3 is 0 Å². The fourth-order valence-corrected chi connectivity index (χ4v) is 3.95. The number of carbonyl (C=O) groups excluding carboxylic acids is 2. The predicted octanol–water partition coefficient (Wildman–Crippen LogP) is 2.18. The third kappa shape index (κ3) is 2.45. The van der Waals surface area contributed by atoms with Crippen LogP contribution in [-0.2, 0) is 9.59 Å². The van der Waals surface area contributed by atoms with Gasteiger partial charge in [0.1, 0.15) is 11.1 Å². The van der Waals surface area contributed by atoms with Gasteiger partial charge in [0.15, 0.2) is 0 Å². The predicted molar refractivity (Wildman–Crippen MR) is 82.7 cm³/mol. The highest BCUT2D eigenvalue weighted by Crippen LogP contribution is 2.40. The molecule has 1 unspecified atom stereocenters. The molecule has 0 aromatic heterocycles. The molecule has 2 amide bonds. The minimum Gasteiger partial charge on any atom is -0.340 e. The van der Waals surface area contributed by atoms with Crippen LogP contribution in [0.3, 0.4) is 0 Å². The van der Waals surface area contributed by atoms with Gasteiger partial charge in [0.05, 0.1) is 0 Å². The minimum absolute atomic E-state index is 0.0699. The number of hydrogen-bond donors (Lipinski definition) is 1. The smallest absolute Gasteiger partial charge is 0.248 e. The highest BCUT2D eigenvalue weighted by atomic mass is 32.2. The summed E-state index contributed by atoms with van der Waals surface area (Å²) in [5, 5.41) is 3.01. The minimum atomic E-state index is -0.720. The first-order chi connectivity index (χ1) is 9.50. The number of nitrogens with zero attached hydrogens (tertiary/aromatic N) is 1. The van der Waals surface area contributed by atoms with Gasteiger partial charge in [-0.3, -0.25) is 9.59 Å². The summed E-state index contributed by atoms with van der Waals surface area (Å²) in [5.74, 6) is 2.14. The van der Waals surface area contributed by atoms with Gasteiger partial charge in [-0.2, -0.15) is 11.8 Å². The quantitative estimate of drug-likeness (QED) is 0.792. The molecule has 20 heavy (non-hydrogen) atoms. The Bertz CT molecular complexity index is 393. The summed E-state index contributed by atoms with van der Waals surface area (Å²) in [4.78, 5) is 27.5. The van der Waals surface area contributed by atoms with E-state index < -0.39 is 11.1 Å². The number of thioether (sulfide) groups is 1. The molecular weight excluding hydrogens is 272 g/mol. The maximum Gasteiger partial charge on any atom is 0.248 e. The molecule has 0 aromatic rings. The van der Waals surface area contributed by atoms with Crippen LogP contribution in [0.25, 0.3) is 0 Å². The van der Waals surface area contributed by atoms with Gasteiger partial charge in [-0.1, -0.05) is 26.7 Å². The Labute approximate surface area is 126 Å². The molecule has 1 atom stereocenters. The van der Waals surface area contributed by atoms with Crippen LogP contribution in [0.1, 0.15) is 52.9 Å². The van der Waals surface area contributed by atoms with Crippen molar-refractivity contribution >= 4 is 23.6 Å². The number of amides is 2. The molecule has 1 heterocycles. The van der Waals surface area contributed by atoms with Crippen molar-refractivity contribution in [2.45, 2.75) is 64.0 Å². The first-order valence-electron chi connectivity index (χ1n) is 7.72. The van der Waals surface area contributed by atoms with Crippen molar-refractivity contribution in [2.24, 2.45) is 0 Å². The van der Waals surface area contributed by atoms with Crippen LogP contribution in [0, 0.1) is 0 Å². The standard InChI is InChI=1S/C15H26N2O2S/c1-4-14(3)13(19)17(10-11-20-5-2)15(12(18)16-14)8-6-7-9-15/h4-11H2,1-3H3,(H,16,18). The first kappa shape index (κ1) is 15.7. The van der Waals surface area contributed by atoms with Crippen LogP contribution in [-0.4, -0.2) is 45.8 Å². The number of piperazine rings is 1. The van der Waals surface area contributed by atoms with Gasteiger partial charge in [-0.05, 0) is 31.9 Å². The number of rotatable bonds is 5. The molecule has 0 aromatic carbocycles. The third-order valence-electron chi connectivity index (χ3n) is 4.85. The summed E-state index contributed by atoms with van der Waals surface area (Å²) in [6.07, 6.45) is 4.37. The zero-order valence-electron chi connectivity index (χ0n) is 12.8. The van der Waals surface area contributed by atoms with E-state index in [2.05, 4.69) is 12.2 Å². The van der Waals surface area contributed by atoms with Crippen molar-refractivity contribution in [3.05, 3.63) is 0 Å². The van der Waals surface area contributed by atoms with E-state index in [1.54, 1.807) is 0 Å². The van der Waals surface area contributed by atoms with E-state index >= 15 is 0 Å². The highest BCUT2D eigenvalue weighted by molar-refractivity contribution is 7.99. The van der Waals surface area contributed by atoms with E-state index in [-0.39, 0.29) is 11.8 Å². The lowest BCUT2D eigenvalue weighted by Gasteiger charge is -2.50. The lowest BCUT2D eigenvalue weighted by molar-refractivity contribution is -0.162. The molecule has 2 aliphatic rings. The van der Waals surface area contributed by atoms with E-state index in [0.717, 1.165) is 37.2 Å². The van der Waals surface area contributed by atoms with E-state index in [1.807, 2.05) is 30.5 Å². The summed E-state index contributed by atoms with van der Waals surface area (Å²) in [6.45, 7) is 6.63. The molecule has 1 saturated heterocycles. The summed E-state index contributed by atoms with van der Waals surface area (Å²) < 4.78 is 0. The topological polar surface area (TPSA) is 49.4 Å². The number of nitrogens with one attached hydrogen (secondary N) is 1. The summed E-state index contributed by atoms with van der Waals surface area (Å²) >= 11 is 1.83. The SMILES string of the molecule is CCSCCN1C(=O)C(C)(CC)NC(=O)C12CCCC2. The van der Waals surface area contributed by atoms with Crippen molar-refractivity contribution in [3.63, 3.8) is 0 Å². The van der Waals surface area contributed by atoms with Gasteiger partial charge in [0.25, 0.3) is 0 Å². The lowest BCUT2D eigenvalue weighted by Crippen LogP contribution is -2.74. The average Bonchev–Trinajstić information content (AvgIpc) is 2.92. The van der Waals surface area contributed by atoms with Crippen molar-refractivity contribution < 1.29 is 9.59 Å². The average molecular weight is 298 g/mol. The Morgan fingerprint density at radius 1 is 1.25 bits per heavy atom. The van der Waals surface area contributed by atoms with Crippen LogP contribution >= 0.6 is 11.8 Å². The monoisotopic (exact) mass is 298 g/mol. The summed E-state index contributed by atoms with van der Waals surface area (Å²) in [5.41, 5.74) is -1.28. The van der Waals surface area contributed by atoms with Gasteiger partial charge in [0.2, 0.25) is 11.8 Å². The largest absolute Gasteiger partial charge is 0.340 e. The third-order valence-corrected chi connectivity index (χ3v) is 5.73. The molecule has 5 heteroatoms. The van der Waals surface area contributed by atoms with Crippen LogP contribution in [0.4, 0.5) is 0 Å². The van der Waals surface area contributed by atoms with Crippen molar-refractivity contribution in [1.29, 1.82) is 0 Å². The molecule has 2 fully saturated rings. The normalized spacial score (nSPS) is 29.1. The van der Waals surface area contributed by atoms with Gasteiger partial charge in [0, 0.05) is 12.3 Å². The molecule has 0 radical (unpaired) electrons. The molecule has 2 rings (SSSR count). The van der Waals surface area contributed by atoms with Gasteiger partial charge in [-0.25, -0.2) is 0 Å². The van der Waals surface area contributed by atoms with Crippen LogP contribution in [0.15, 0.2) is 0 Å². The second kappa shape index (κ2) is 5.96. The van der Waals surface area contributed by atoms with Gasteiger partial charge < -0.3 is 10.2 Å². The van der Waals surface area contributed by atoms with Crippen LogP contribution < -0.4 is 5.32 Å². The molecular formula is C15H26N2O2S. The van der Waals surface area contributed by atoms with Gasteiger partial charge in [-0.15, -0.1) is 0 Å².